The average molecular weight is 311 g/mol. The van der Waals surface area contributed by atoms with Crippen molar-refractivity contribution in [3.8, 4) is 0 Å². The lowest BCUT2D eigenvalue weighted by atomic mass is 10.0. The van der Waals surface area contributed by atoms with Crippen LogP contribution in [0.1, 0.15) is 44.3 Å². The van der Waals surface area contributed by atoms with Gasteiger partial charge in [-0.3, -0.25) is 4.79 Å². The van der Waals surface area contributed by atoms with Crippen LogP contribution in [0.3, 0.4) is 0 Å². The molecule has 0 fully saturated rings. The second-order valence-electron chi connectivity index (χ2n) is 5.47. The van der Waals surface area contributed by atoms with Crippen molar-refractivity contribution in [1.29, 1.82) is 0 Å². The zero-order chi connectivity index (χ0) is 17.0. The standard InChI is InChI=1S/C19H21NO3/c1-5-23-19(22)16-7-6-8-17(14(16)4)20-18(21)15-10-9-12(2)11-13(15)3/h6-11H,5H2,1-4H3,(H,20,21). The topological polar surface area (TPSA) is 55.4 Å². The van der Waals surface area contributed by atoms with E-state index in [2.05, 4.69) is 5.32 Å². The number of esters is 1. The maximum atomic E-state index is 12.5. The van der Waals surface area contributed by atoms with Crippen LogP contribution in [0.5, 0.6) is 0 Å². The fraction of sp³-hybridized carbons (Fsp3) is 0.263. The first-order chi connectivity index (χ1) is 10.9. The van der Waals surface area contributed by atoms with Crippen LogP contribution in [0.2, 0.25) is 0 Å². The molecule has 0 unspecified atom stereocenters. The van der Waals surface area contributed by atoms with Crippen molar-refractivity contribution < 1.29 is 14.3 Å². The van der Waals surface area contributed by atoms with E-state index in [0.717, 1.165) is 11.1 Å². The molecule has 4 heteroatoms. The first-order valence-electron chi connectivity index (χ1n) is 7.59. The van der Waals surface area contributed by atoms with Gasteiger partial charge < -0.3 is 10.1 Å². The molecule has 4 nitrogen and oxygen atoms in total. The highest BCUT2D eigenvalue weighted by Crippen LogP contribution is 2.21. The molecule has 2 aromatic carbocycles. The van der Waals surface area contributed by atoms with Gasteiger partial charge in [0, 0.05) is 11.3 Å². The Labute approximate surface area is 136 Å². The highest BCUT2D eigenvalue weighted by atomic mass is 16.5. The van der Waals surface area contributed by atoms with Gasteiger partial charge >= 0.3 is 5.97 Å². The largest absolute Gasteiger partial charge is 0.462 e. The number of amides is 1. The van der Waals surface area contributed by atoms with Gasteiger partial charge in [0.2, 0.25) is 0 Å². The Morgan fingerprint density at radius 1 is 1.04 bits per heavy atom. The highest BCUT2D eigenvalue weighted by Gasteiger charge is 2.15. The molecule has 0 atom stereocenters. The molecule has 0 saturated carbocycles. The molecule has 0 heterocycles. The third-order valence-corrected chi connectivity index (χ3v) is 3.70. The summed E-state index contributed by atoms with van der Waals surface area (Å²) in [6, 6.07) is 10.9. The van der Waals surface area contributed by atoms with Crippen LogP contribution in [0.25, 0.3) is 0 Å². The minimum atomic E-state index is -0.382. The van der Waals surface area contributed by atoms with Gasteiger partial charge in [-0.05, 0) is 57.0 Å². The average Bonchev–Trinajstić information content (AvgIpc) is 2.49. The van der Waals surface area contributed by atoms with E-state index in [4.69, 9.17) is 4.74 Å². The van der Waals surface area contributed by atoms with Crippen LogP contribution in [0.4, 0.5) is 5.69 Å². The van der Waals surface area contributed by atoms with Crippen molar-refractivity contribution in [3.05, 3.63) is 64.2 Å². The number of benzene rings is 2. The Bertz CT molecular complexity index is 750. The molecule has 2 rings (SSSR count). The first-order valence-corrected chi connectivity index (χ1v) is 7.59. The number of ether oxygens (including phenoxy) is 1. The molecule has 0 radical (unpaired) electrons. The molecule has 0 spiro atoms. The van der Waals surface area contributed by atoms with Crippen molar-refractivity contribution >= 4 is 17.6 Å². The van der Waals surface area contributed by atoms with E-state index < -0.39 is 0 Å². The number of hydrogen-bond donors (Lipinski definition) is 1. The van der Waals surface area contributed by atoms with Crippen LogP contribution in [-0.2, 0) is 4.74 Å². The predicted molar refractivity (Wildman–Crippen MR) is 91.0 cm³/mol. The lowest BCUT2D eigenvalue weighted by Gasteiger charge is -2.13. The molecule has 0 aliphatic carbocycles. The molecule has 0 saturated heterocycles. The Morgan fingerprint density at radius 2 is 1.78 bits per heavy atom. The number of carbonyl (C=O) groups excluding carboxylic acids is 2. The second kappa shape index (κ2) is 7.09. The lowest BCUT2D eigenvalue weighted by Crippen LogP contribution is -2.16. The van der Waals surface area contributed by atoms with Crippen molar-refractivity contribution in [2.24, 2.45) is 0 Å². The zero-order valence-corrected chi connectivity index (χ0v) is 13.9. The summed E-state index contributed by atoms with van der Waals surface area (Å²) >= 11 is 0. The molecular weight excluding hydrogens is 290 g/mol. The molecule has 1 N–H and O–H groups in total. The number of carbonyl (C=O) groups is 2. The molecule has 120 valence electrons. The fourth-order valence-corrected chi connectivity index (χ4v) is 2.46. The highest BCUT2D eigenvalue weighted by molar-refractivity contribution is 6.06. The summed E-state index contributed by atoms with van der Waals surface area (Å²) in [6.45, 7) is 7.77. The molecule has 0 bridgehead atoms. The van der Waals surface area contributed by atoms with E-state index >= 15 is 0 Å². The van der Waals surface area contributed by atoms with E-state index in [1.54, 1.807) is 32.0 Å². The molecule has 0 aliphatic rings. The van der Waals surface area contributed by atoms with Gasteiger partial charge in [-0.25, -0.2) is 4.79 Å². The first kappa shape index (κ1) is 16.7. The number of aryl methyl sites for hydroxylation is 2. The van der Waals surface area contributed by atoms with E-state index in [9.17, 15) is 9.59 Å². The predicted octanol–water partition coefficient (Wildman–Crippen LogP) is 4.04. The summed E-state index contributed by atoms with van der Waals surface area (Å²) in [5.74, 6) is -0.570. The van der Waals surface area contributed by atoms with Gasteiger partial charge in [-0.1, -0.05) is 23.8 Å². The zero-order valence-electron chi connectivity index (χ0n) is 13.9. The van der Waals surface area contributed by atoms with Crippen LogP contribution in [-0.4, -0.2) is 18.5 Å². The van der Waals surface area contributed by atoms with Crippen molar-refractivity contribution in [1.82, 2.24) is 0 Å². The summed E-state index contributed by atoms with van der Waals surface area (Å²) in [6.07, 6.45) is 0. The van der Waals surface area contributed by atoms with E-state index in [0.29, 0.717) is 29.0 Å². The Kier molecular flexibility index (Phi) is 5.16. The Hall–Kier alpha value is -2.62. The summed E-state index contributed by atoms with van der Waals surface area (Å²) in [4.78, 5) is 24.4. The summed E-state index contributed by atoms with van der Waals surface area (Å²) in [5.41, 5.74) is 4.42. The smallest absolute Gasteiger partial charge is 0.338 e. The molecule has 2 aromatic rings. The van der Waals surface area contributed by atoms with Crippen LogP contribution >= 0.6 is 0 Å². The van der Waals surface area contributed by atoms with Crippen LogP contribution in [0, 0.1) is 20.8 Å². The normalized spacial score (nSPS) is 10.3. The van der Waals surface area contributed by atoms with Gasteiger partial charge in [-0.2, -0.15) is 0 Å². The summed E-state index contributed by atoms with van der Waals surface area (Å²) < 4.78 is 5.03. The SMILES string of the molecule is CCOC(=O)c1cccc(NC(=O)c2ccc(C)cc2C)c1C. The van der Waals surface area contributed by atoms with Crippen molar-refractivity contribution in [3.63, 3.8) is 0 Å². The minimum absolute atomic E-state index is 0.188. The van der Waals surface area contributed by atoms with Gasteiger partial charge in [0.25, 0.3) is 5.91 Å². The third kappa shape index (κ3) is 3.77. The molecule has 0 aromatic heterocycles. The van der Waals surface area contributed by atoms with Crippen LogP contribution in [0.15, 0.2) is 36.4 Å². The molecule has 1 amide bonds. The molecular formula is C19H21NO3. The van der Waals surface area contributed by atoms with Gasteiger partial charge in [0.15, 0.2) is 0 Å². The third-order valence-electron chi connectivity index (χ3n) is 3.70. The van der Waals surface area contributed by atoms with Crippen molar-refractivity contribution in [2.45, 2.75) is 27.7 Å². The number of hydrogen-bond acceptors (Lipinski definition) is 3. The van der Waals surface area contributed by atoms with Crippen molar-refractivity contribution in [2.75, 3.05) is 11.9 Å². The maximum absolute atomic E-state index is 12.5. The second-order valence-corrected chi connectivity index (χ2v) is 5.47. The maximum Gasteiger partial charge on any atom is 0.338 e. The number of anilines is 1. The van der Waals surface area contributed by atoms with Gasteiger partial charge in [0.1, 0.15) is 0 Å². The van der Waals surface area contributed by atoms with E-state index in [1.165, 1.54) is 0 Å². The Morgan fingerprint density at radius 3 is 2.43 bits per heavy atom. The van der Waals surface area contributed by atoms with Crippen LogP contribution < -0.4 is 5.32 Å². The number of rotatable bonds is 4. The van der Waals surface area contributed by atoms with Gasteiger partial charge in [0.05, 0.1) is 12.2 Å². The minimum Gasteiger partial charge on any atom is -0.462 e. The number of nitrogens with one attached hydrogen (secondary N) is 1. The quantitative estimate of drug-likeness (QED) is 0.867. The summed E-state index contributed by atoms with van der Waals surface area (Å²) in [5, 5.41) is 2.88. The monoisotopic (exact) mass is 311 g/mol. The van der Waals surface area contributed by atoms with E-state index in [1.807, 2.05) is 32.0 Å². The molecule has 0 aliphatic heterocycles. The molecule has 23 heavy (non-hydrogen) atoms. The van der Waals surface area contributed by atoms with Gasteiger partial charge in [-0.15, -0.1) is 0 Å². The lowest BCUT2D eigenvalue weighted by molar-refractivity contribution is 0.0525. The fourth-order valence-electron chi connectivity index (χ4n) is 2.46. The summed E-state index contributed by atoms with van der Waals surface area (Å²) in [7, 11) is 0. The van der Waals surface area contributed by atoms with E-state index in [-0.39, 0.29) is 11.9 Å². The Balaban J connectivity index is 2.28.